The minimum absolute atomic E-state index is 0.255. The Bertz CT molecular complexity index is 327. The third-order valence-electron chi connectivity index (χ3n) is 2.90. The first kappa shape index (κ1) is 10.5. The van der Waals surface area contributed by atoms with Crippen molar-refractivity contribution >= 4 is 0 Å². The van der Waals surface area contributed by atoms with Gasteiger partial charge < -0.3 is 9.47 Å². The molecule has 1 aliphatic heterocycles. The summed E-state index contributed by atoms with van der Waals surface area (Å²) >= 11 is 0. The number of methoxy groups -OCH3 is 1. The molecular weight excluding hydrogens is 188 g/mol. The SMILES string of the molecule is COc1ccc(C2CC(C)(C)CO2)cc1. The number of rotatable bonds is 2. The van der Waals surface area contributed by atoms with E-state index in [1.807, 2.05) is 12.1 Å². The largest absolute Gasteiger partial charge is 0.497 e. The van der Waals surface area contributed by atoms with Gasteiger partial charge in [0.15, 0.2) is 0 Å². The van der Waals surface area contributed by atoms with Gasteiger partial charge in [0.1, 0.15) is 5.75 Å². The number of hydrogen-bond acceptors (Lipinski definition) is 2. The number of benzene rings is 1. The van der Waals surface area contributed by atoms with Gasteiger partial charge in [-0.05, 0) is 29.5 Å². The average molecular weight is 206 g/mol. The van der Waals surface area contributed by atoms with Crippen LogP contribution in [0, 0.1) is 5.41 Å². The molecule has 0 aliphatic carbocycles. The van der Waals surface area contributed by atoms with E-state index in [1.165, 1.54) is 5.56 Å². The Kier molecular flexibility index (Phi) is 2.70. The summed E-state index contributed by atoms with van der Waals surface area (Å²) < 4.78 is 10.9. The molecule has 0 bridgehead atoms. The smallest absolute Gasteiger partial charge is 0.118 e. The van der Waals surface area contributed by atoms with Crippen LogP contribution in [-0.2, 0) is 4.74 Å². The Balaban J connectivity index is 2.11. The zero-order chi connectivity index (χ0) is 10.9. The first-order chi connectivity index (χ1) is 7.11. The van der Waals surface area contributed by atoms with Crippen molar-refractivity contribution in [3.05, 3.63) is 29.8 Å². The fourth-order valence-corrected chi connectivity index (χ4v) is 1.98. The normalized spacial score (nSPS) is 24.1. The Morgan fingerprint density at radius 2 is 1.93 bits per heavy atom. The fraction of sp³-hybridized carbons (Fsp3) is 0.538. The van der Waals surface area contributed by atoms with Gasteiger partial charge in [0.2, 0.25) is 0 Å². The molecule has 1 aromatic carbocycles. The van der Waals surface area contributed by atoms with Gasteiger partial charge in [-0.25, -0.2) is 0 Å². The predicted octanol–water partition coefficient (Wildman–Crippen LogP) is 3.18. The summed E-state index contributed by atoms with van der Waals surface area (Å²) in [6, 6.07) is 8.16. The van der Waals surface area contributed by atoms with Gasteiger partial charge in [-0.3, -0.25) is 0 Å². The molecule has 1 fully saturated rings. The fourth-order valence-electron chi connectivity index (χ4n) is 1.98. The number of ether oxygens (including phenoxy) is 2. The second-order valence-electron chi connectivity index (χ2n) is 4.94. The van der Waals surface area contributed by atoms with Crippen LogP contribution in [0.15, 0.2) is 24.3 Å². The van der Waals surface area contributed by atoms with Crippen LogP contribution in [0.3, 0.4) is 0 Å². The lowest BCUT2D eigenvalue weighted by Crippen LogP contribution is -2.08. The molecule has 1 heterocycles. The molecule has 0 amide bonds. The maximum atomic E-state index is 5.79. The van der Waals surface area contributed by atoms with Crippen molar-refractivity contribution in [2.45, 2.75) is 26.4 Å². The minimum atomic E-state index is 0.255. The molecule has 2 rings (SSSR count). The van der Waals surface area contributed by atoms with Crippen LogP contribution in [0.2, 0.25) is 0 Å². The maximum absolute atomic E-state index is 5.79. The van der Waals surface area contributed by atoms with Crippen LogP contribution in [0.25, 0.3) is 0 Å². The first-order valence-electron chi connectivity index (χ1n) is 5.36. The molecule has 1 aliphatic rings. The van der Waals surface area contributed by atoms with E-state index < -0.39 is 0 Å². The van der Waals surface area contributed by atoms with E-state index in [4.69, 9.17) is 9.47 Å². The Morgan fingerprint density at radius 3 is 2.40 bits per heavy atom. The topological polar surface area (TPSA) is 18.5 Å². The lowest BCUT2D eigenvalue weighted by molar-refractivity contribution is 0.100. The summed E-state index contributed by atoms with van der Waals surface area (Å²) in [5.74, 6) is 0.899. The Labute approximate surface area is 91.2 Å². The average Bonchev–Trinajstić information content (AvgIpc) is 2.59. The summed E-state index contributed by atoms with van der Waals surface area (Å²) in [4.78, 5) is 0. The Morgan fingerprint density at radius 1 is 1.27 bits per heavy atom. The standard InChI is InChI=1S/C13H18O2/c1-13(2)8-12(15-9-13)10-4-6-11(14-3)7-5-10/h4-7,12H,8-9H2,1-3H3. The zero-order valence-electron chi connectivity index (χ0n) is 9.62. The molecule has 0 saturated carbocycles. The molecule has 0 aromatic heterocycles. The van der Waals surface area contributed by atoms with Crippen LogP contribution >= 0.6 is 0 Å². The molecule has 1 aromatic rings. The van der Waals surface area contributed by atoms with Crippen LogP contribution in [0.4, 0.5) is 0 Å². The van der Waals surface area contributed by atoms with Crippen molar-refractivity contribution in [3.63, 3.8) is 0 Å². The van der Waals surface area contributed by atoms with E-state index in [9.17, 15) is 0 Å². The maximum Gasteiger partial charge on any atom is 0.118 e. The molecule has 1 unspecified atom stereocenters. The summed E-state index contributed by atoms with van der Waals surface area (Å²) in [7, 11) is 1.68. The highest BCUT2D eigenvalue weighted by Crippen LogP contribution is 2.40. The monoisotopic (exact) mass is 206 g/mol. The zero-order valence-corrected chi connectivity index (χ0v) is 9.62. The van der Waals surface area contributed by atoms with Gasteiger partial charge in [-0.2, -0.15) is 0 Å². The van der Waals surface area contributed by atoms with Crippen LogP contribution in [0.5, 0.6) is 5.75 Å². The van der Waals surface area contributed by atoms with E-state index in [1.54, 1.807) is 7.11 Å². The highest BCUT2D eigenvalue weighted by atomic mass is 16.5. The van der Waals surface area contributed by atoms with Gasteiger partial charge in [-0.1, -0.05) is 26.0 Å². The van der Waals surface area contributed by atoms with Crippen LogP contribution in [-0.4, -0.2) is 13.7 Å². The third-order valence-corrected chi connectivity index (χ3v) is 2.90. The molecule has 0 N–H and O–H groups in total. The summed E-state index contributed by atoms with van der Waals surface area (Å²) in [6.07, 6.45) is 1.35. The molecule has 15 heavy (non-hydrogen) atoms. The van der Waals surface area contributed by atoms with Gasteiger partial charge in [0.25, 0.3) is 0 Å². The van der Waals surface area contributed by atoms with Crippen molar-refractivity contribution < 1.29 is 9.47 Å². The second-order valence-corrected chi connectivity index (χ2v) is 4.94. The van der Waals surface area contributed by atoms with E-state index in [-0.39, 0.29) is 6.10 Å². The highest BCUT2D eigenvalue weighted by molar-refractivity contribution is 5.29. The lowest BCUT2D eigenvalue weighted by atomic mass is 9.89. The van der Waals surface area contributed by atoms with Crippen molar-refractivity contribution in [3.8, 4) is 5.75 Å². The van der Waals surface area contributed by atoms with Crippen molar-refractivity contribution in [1.29, 1.82) is 0 Å². The van der Waals surface area contributed by atoms with Gasteiger partial charge in [-0.15, -0.1) is 0 Å². The van der Waals surface area contributed by atoms with Gasteiger partial charge >= 0.3 is 0 Å². The highest BCUT2D eigenvalue weighted by Gasteiger charge is 2.32. The molecule has 1 saturated heterocycles. The van der Waals surface area contributed by atoms with Gasteiger partial charge in [0.05, 0.1) is 19.8 Å². The minimum Gasteiger partial charge on any atom is -0.497 e. The third kappa shape index (κ3) is 2.32. The van der Waals surface area contributed by atoms with Crippen molar-refractivity contribution in [2.24, 2.45) is 5.41 Å². The molecule has 0 spiro atoms. The molecule has 0 radical (unpaired) electrons. The lowest BCUT2D eigenvalue weighted by Gasteiger charge is -2.14. The molecule has 2 heteroatoms. The predicted molar refractivity (Wildman–Crippen MR) is 60.1 cm³/mol. The molecule has 1 atom stereocenters. The molecule has 82 valence electrons. The quantitative estimate of drug-likeness (QED) is 0.740. The Hall–Kier alpha value is -1.02. The van der Waals surface area contributed by atoms with E-state index in [2.05, 4.69) is 26.0 Å². The van der Waals surface area contributed by atoms with E-state index in [0.717, 1.165) is 18.8 Å². The van der Waals surface area contributed by atoms with Crippen molar-refractivity contribution in [1.82, 2.24) is 0 Å². The summed E-state index contributed by atoms with van der Waals surface area (Å²) in [5.41, 5.74) is 1.56. The molecular formula is C13H18O2. The number of hydrogen-bond donors (Lipinski definition) is 0. The second kappa shape index (κ2) is 3.86. The summed E-state index contributed by atoms with van der Waals surface area (Å²) in [6.45, 7) is 5.34. The van der Waals surface area contributed by atoms with E-state index in [0.29, 0.717) is 5.41 Å². The van der Waals surface area contributed by atoms with Crippen LogP contribution in [0.1, 0.15) is 31.9 Å². The van der Waals surface area contributed by atoms with Gasteiger partial charge in [0, 0.05) is 0 Å². The van der Waals surface area contributed by atoms with Crippen molar-refractivity contribution in [2.75, 3.05) is 13.7 Å². The van der Waals surface area contributed by atoms with Crippen LogP contribution < -0.4 is 4.74 Å². The molecule has 2 nitrogen and oxygen atoms in total. The summed E-state index contributed by atoms with van der Waals surface area (Å²) in [5, 5.41) is 0. The first-order valence-corrected chi connectivity index (χ1v) is 5.36. The van der Waals surface area contributed by atoms with E-state index >= 15 is 0 Å².